The van der Waals surface area contributed by atoms with Gasteiger partial charge in [-0.2, -0.15) is 8.42 Å². The SMILES string of the molecule is CCCCCNC(=O)C(COS(C)(=O)=O)NC(=O)O. The highest BCUT2D eigenvalue weighted by Gasteiger charge is 2.22. The Morgan fingerprint density at radius 2 is 1.95 bits per heavy atom. The predicted octanol–water partition coefficient (Wildman–Crippen LogP) is -0.0948. The topological polar surface area (TPSA) is 122 Å². The van der Waals surface area contributed by atoms with E-state index in [1.54, 1.807) is 0 Å². The second-order valence-electron chi connectivity index (χ2n) is 3.99. The summed E-state index contributed by atoms with van der Waals surface area (Å²) in [6.45, 7) is 1.85. The number of hydrogen-bond acceptors (Lipinski definition) is 5. The van der Waals surface area contributed by atoms with Gasteiger partial charge in [-0.1, -0.05) is 19.8 Å². The molecule has 112 valence electrons. The van der Waals surface area contributed by atoms with Crippen molar-refractivity contribution in [1.29, 1.82) is 0 Å². The summed E-state index contributed by atoms with van der Waals surface area (Å²) in [5.41, 5.74) is 0. The van der Waals surface area contributed by atoms with E-state index in [1.807, 2.05) is 12.2 Å². The molecular formula is C10H20N2O6S. The summed E-state index contributed by atoms with van der Waals surface area (Å²) in [4.78, 5) is 22.2. The number of nitrogens with one attached hydrogen (secondary N) is 2. The molecule has 0 aromatic carbocycles. The van der Waals surface area contributed by atoms with E-state index in [9.17, 15) is 18.0 Å². The van der Waals surface area contributed by atoms with E-state index >= 15 is 0 Å². The number of hydrogen-bond donors (Lipinski definition) is 3. The van der Waals surface area contributed by atoms with Crippen LogP contribution in [0.2, 0.25) is 0 Å². The minimum absolute atomic E-state index is 0.406. The summed E-state index contributed by atoms with van der Waals surface area (Å²) < 4.78 is 26.1. The van der Waals surface area contributed by atoms with Crippen LogP contribution in [0.15, 0.2) is 0 Å². The molecule has 0 saturated heterocycles. The molecule has 0 aliphatic carbocycles. The van der Waals surface area contributed by atoms with Gasteiger partial charge in [0.15, 0.2) is 0 Å². The van der Waals surface area contributed by atoms with Gasteiger partial charge >= 0.3 is 6.09 Å². The van der Waals surface area contributed by atoms with Gasteiger partial charge in [-0.25, -0.2) is 4.79 Å². The molecule has 0 rings (SSSR count). The smallest absolute Gasteiger partial charge is 0.405 e. The fourth-order valence-corrected chi connectivity index (χ4v) is 1.62. The summed E-state index contributed by atoms with van der Waals surface area (Å²) in [5, 5.41) is 13.0. The summed E-state index contributed by atoms with van der Waals surface area (Å²) in [7, 11) is -3.73. The van der Waals surface area contributed by atoms with E-state index in [0.717, 1.165) is 25.5 Å². The average molecular weight is 296 g/mol. The van der Waals surface area contributed by atoms with Crippen LogP contribution in [0.1, 0.15) is 26.2 Å². The zero-order chi connectivity index (χ0) is 14.9. The van der Waals surface area contributed by atoms with Crippen LogP contribution in [0, 0.1) is 0 Å². The van der Waals surface area contributed by atoms with Crippen molar-refractivity contribution in [3.05, 3.63) is 0 Å². The van der Waals surface area contributed by atoms with Gasteiger partial charge in [-0.15, -0.1) is 0 Å². The Balaban J connectivity index is 4.31. The van der Waals surface area contributed by atoms with Crippen LogP contribution in [-0.2, 0) is 19.1 Å². The van der Waals surface area contributed by atoms with Crippen LogP contribution in [0.25, 0.3) is 0 Å². The molecule has 0 radical (unpaired) electrons. The standard InChI is InChI=1S/C10H20N2O6S/c1-3-4-5-6-11-9(13)8(12-10(14)15)7-18-19(2,16)17/h8,12H,3-7H2,1-2H3,(H,11,13)(H,14,15). The Hall–Kier alpha value is -1.35. The van der Waals surface area contributed by atoms with Crippen molar-refractivity contribution in [2.75, 3.05) is 19.4 Å². The third kappa shape index (κ3) is 10.3. The molecule has 1 atom stereocenters. The Kier molecular flexibility index (Phi) is 8.08. The lowest BCUT2D eigenvalue weighted by Crippen LogP contribution is -2.49. The Morgan fingerprint density at radius 3 is 2.42 bits per heavy atom. The van der Waals surface area contributed by atoms with E-state index in [4.69, 9.17) is 5.11 Å². The minimum Gasteiger partial charge on any atom is -0.465 e. The van der Waals surface area contributed by atoms with Gasteiger partial charge in [-0.05, 0) is 6.42 Å². The summed E-state index contributed by atoms with van der Waals surface area (Å²) >= 11 is 0. The minimum atomic E-state index is -3.73. The van der Waals surface area contributed by atoms with Crippen molar-refractivity contribution in [1.82, 2.24) is 10.6 Å². The number of carbonyl (C=O) groups is 2. The molecule has 0 bridgehead atoms. The molecule has 0 aliphatic rings. The highest BCUT2D eigenvalue weighted by Crippen LogP contribution is 1.95. The predicted molar refractivity (Wildman–Crippen MR) is 68.3 cm³/mol. The third-order valence-electron chi connectivity index (χ3n) is 2.14. The zero-order valence-corrected chi connectivity index (χ0v) is 11.8. The first-order valence-corrected chi connectivity index (χ1v) is 7.69. The van der Waals surface area contributed by atoms with Crippen LogP contribution >= 0.6 is 0 Å². The fourth-order valence-electron chi connectivity index (χ4n) is 1.23. The van der Waals surface area contributed by atoms with Crippen LogP contribution < -0.4 is 10.6 Å². The molecule has 19 heavy (non-hydrogen) atoms. The largest absolute Gasteiger partial charge is 0.465 e. The van der Waals surface area contributed by atoms with Crippen LogP contribution in [0.3, 0.4) is 0 Å². The summed E-state index contributed by atoms with van der Waals surface area (Å²) in [6, 6.07) is -1.26. The lowest BCUT2D eigenvalue weighted by molar-refractivity contribution is -0.123. The van der Waals surface area contributed by atoms with Gasteiger partial charge in [0.05, 0.1) is 12.9 Å². The van der Waals surface area contributed by atoms with E-state index in [2.05, 4.69) is 9.50 Å². The number of rotatable bonds is 9. The van der Waals surface area contributed by atoms with Crippen molar-refractivity contribution >= 4 is 22.1 Å². The number of unbranched alkanes of at least 4 members (excludes halogenated alkanes) is 2. The number of carboxylic acid groups (broad SMARTS) is 1. The molecule has 0 fully saturated rings. The quantitative estimate of drug-likeness (QED) is 0.403. The summed E-state index contributed by atoms with van der Waals surface area (Å²) in [5.74, 6) is -0.609. The number of carbonyl (C=O) groups excluding carboxylic acids is 1. The molecule has 8 nitrogen and oxygen atoms in total. The maximum absolute atomic E-state index is 11.6. The van der Waals surface area contributed by atoms with E-state index in [1.165, 1.54) is 0 Å². The van der Waals surface area contributed by atoms with Crippen molar-refractivity contribution in [2.45, 2.75) is 32.2 Å². The van der Waals surface area contributed by atoms with Crippen LogP contribution in [-0.4, -0.2) is 51.0 Å². The molecule has 0 heterocycles. The molecule has 9 heteroatoms. The highest BCUT2D eigenvalue weighted by molar-refractivity contribution is 7.85. The van der Waals surface area contributed by atoms with Crippen molar-refractivity contribution in [3.8, 4) is 0 Å². The molecule has 0 saturated carbocycles. The van der Waals surface area contributed by atoms with Gasteiger partial charge < -0.3 is 15.7 Å². The fraction of sp³-hybridized carbons (Fsp3) is 0.800. The molecular weight excluding hydrogens is 276 g/mol. The number of amides is 2. The first kappa shape index (κ1) is 17.6. The Morgan fingerprint density at radius 1 is 1.32 bits per heavy atom. The normalized spacial score (nSPS) is 12.7. The maximum Gasteiger partial charge on any atom is 0.405 e. The molecule has 0 aromatic rings. The van der Waals surface area contributed by atoms with Crippen LogP contribution in [0.4, 0.5) is 4.79 Å². The average Bonchev–Trinajstić information content (AvgIpc) is 2.28. The van der Waals surface area contributed by atoms with Crippen LogP contribution in [0.5, 0.6) is 0 Å². The first-order valence-electron chi connectivity index (χ1n) is 5.88. The second-order valence-corrected chi connectivity index (χ2v) is 5.63. The van der Waals surface area contributed by atoms with Crippen molar-refractivity contribution < 1.29 is 27.3 Å². The van der Waals surface area contributed by atoms with Gasteiger partial charge in [0, 0.05) is 6.54 Å². The highest BCUT2D eigenvalue weighted by atomic mass is 32.2. The van der Waals surface area contributed by atoms with E-state index in [0.29, 0.717) is 6.54 Å². The molecule has 3 N–H and O–H groups in total. The second kappa shape index (κ2) is 8.70. The maximum atomic E-state index is 11.6. The lowest BCUT2D eigenvalue weighted by Gasteiger charge is -2.16. The van der Waals surface area contributed by atoms with Gasteiger partial charge in [0.1, 0.15) is 6.04 Å². The summed E-state index contributed by atoms with van der Waals surface area (Å²) in [6.07, 6.45) is 2.10. The third-order valence-corrected chi connectivity index (χ3v) is 2.71. The van der Waals surface area contributed by atoms with Gasteiger partial charge in [-0.3, -0.25) is 8.98 Å². The van der Waals surface area contributed by atoms with E-state index in [-0.39, 0.29) is 0 Å². The first-order chi connectivity index (χ1) is 8.76. The Bertz CT molecular complexity index is 395. The molecule has 2 amide bonds. The molecule has 0 aliphatic heterocycles. The lowest BCUT2D eigenvalue weighted by atomic mass is 10.2. The van der Waals surface area contributed by atoms with Crippen molar-refractivity contribution in [2.24, 2.45) is 0 Å². The molecule has 0 aromatic heterocycles. The zero-order valence-electron chi connectivity index (χ0n) is 11.0. The van der Waals surface area contributed by atoms with E-state index < -0.39 is 34.8 Å². The van der Waals surface area contributed by atoms with Gasteiger partial charge in [0.2, 0.25) is 5.91 Å². The van der Waals surface area contributed by atoms with Crippen molar-refractivity contribution in [3.63, 3.8) is 0 Å². The molecule has 0 spiro atoms. The molecule has 1 unspecified atom stereocenters. The Labute approximate surface area is 112 Å². The van der Waals surface area contributed by atoms with Gasteiger partial charge in [0.25, 0.3) is 10.1 Å². The monoisotopic (exact) mass is 296 g/mol.